The van der Waals surface area contributed by atoms with Crippen LogP contribution in [0.1, 0.15) is 16.2 Å². The van der Waals surface area contributed by atoms with Crippen molar-refractivity contribution in [1.82, 2.24) is 10.1 Å². The van der Waals surface area contributed by atoms with Gasteiger partial charge in [-0.1, -0.05) is 11.2 Å². The van der Waals surface area contributed by atoms with Gasteiger partial charge in [-0.2, -0.15) is 4.98 Å². The molecule has 0 aliphatic rings. The molecular weight excluding hydrogens is 336 g/mol. The van der Waals surface area contributed by atoms with Crippen LogP contribution in [-0.2, 0) is 11.3 Å². The number of carbonyl (C=O) groups is 1. The summed E-state index contributed by atoms with van der Waals surface area (Å²) >= 11 is 1.44. The Morgan fingerprint density at radius 3 is 2.96 bits per heavy atom. The molecular formula is C14H10N4O5S. The van der Waals surface area contributed by atoms with Gasteiger partial charge in [-0.25, -0.2) is 4.79 Å². The molecule has 0 fully saturated rings. The molecule has 1 aromatic carbocycles. The number of carbonyl (C=O) groups excluding carboxylic acids is 1. The summed E-state index contributed by atoms with van der Waals surface area (Å²) in [5.41, 5.74) is 5.38. The molecule has 0 unspecified atom stereocenters. The Morgan fingerprint density at radius 2 is 2.25 bits per heavy atom. The van der Waals surface area contributed by atoms with Gasteiger partial charge in [0.15, 0.2) is 6.61 Å². The lowest BCUT2D eigenvalue weighted by molar-refractivity contribution is -0.384. The molecule has 0 radical (unpaired) electrons. The van der Waals surface area contributed by atoms with Crippen molar-refractivity contribution in [2.24, 2.45) is 0 Å². The van der Waals surface area contributed by atoms with Crippen molar-refractivity contribution in [1.29, 1.82) is 0 Å². The Hall–Kier alpha value is -3.27. The summed E-state index contributed by atoms with van der Waals surface area (Å²) in [7, 11) is 0. The van der Waals surface area contributed by atoms with E-state index in [-0.39, 0.29) is 29.4 Å². The Balaban J connectivity index is 1.70. The van der Waals surface area contributed by atoms with E-state index < -0.39 is 10.9 Å². The van der Waals surface area contributed by atoms with Gasteiger partial charge in [0, 0.05) is 17.8 Å². The molecule has 3 rings (SSSR count). The summed E-state index contributed by atoms with van der Waals surface area (Å²) in [6, 6.07) is 7.21. The summed E-state index contributed by atoms with van der Waals surface area (Å²) < 4.78 is 10.0. The molecule has 9 nitrogen and oxygen atoms in total. The van der Waals surface area contributed by atoms with E-state index in [0.29, 0.717) is 5.82 Å². The number of nitrogen functional groups attached to an aromatic ring is 1. The predicted molar refractivity (Wildman–Crippen MR) is 84.2 cm³/mol. The van der Waals surface area contributed by atoms with Crippen LogP contribution >= 0.6 is 11.3 Å². The van der Waals surface area contributed by atoms with E-state index in [4.69, 9.17) is 15.0 Å². The minimum absolute atomic E-state index is 0.0791. The second-order valence-electron chi connectivity index (χ2n) is 4.59. The maximum Gasteiger partial charge on any atom is 0.341 e. The van der Waals surface area contributed by atoms with Crippen LogP contribution in [-0.4, -0.2) is 21.0 Å². The molecule has 122 valence electrons. The lowest BCUT2D eigenvalue weighted by atomic mass is 10.1. The van der Waals surface area contributed by atoms with Crippen molar-refractivity contribution in [2.45, 2.75) is 6.61 Å². The number of nitro groups is 1. The molecule has 0 aliphatic heterocycles. The van der Waals surface area contributed by atoms with Crippen LogP contribution in [0, 0.1) is 10.1 Å². The summed E-state index contributed by atoms with van der Waals surface area (Å²) in [5.74, 6) is -0.311. The molecule has 3 aromatic rings. The van der Waals surface area contributed by atoms with Crippen LogP contribution in [0.25, 0.3) is 10.7 Å². The molecule has 0 atom stereocenters. The zero-order valence-electron chi connectivity index (χ0n) is 12.0. The average Bonchev–Trinajstić information content (AvgIpc) is 3.24. The Labute approximate surface area is 138 Å². The summed E-state index contributed by atoms with van der Waals surface area (Å²) in [6.45, 7) is -0.265. The zero-order valence-corrected chi connectivity index (χ0v) is 12.9. The minimum atomic E-state index is -0.813. The molecule has 0 bridgehead atoms. The highest BCUT2D eigenvalue weighted by Crippen LogP contribution is 2.23. The second-order valence-corrected chi connectivity index (χ2v) is 5.54. The smallest absolute Gasteiger partial charge is 0.341 e. The predicted octanol–water partition coefficient (Wildman–Crippen LogP) is 2.65. The highest BCUT2D eigenvalue weighted by atomic mass is 32.1. The fraction of sp³-hybridized carbons (Fsp3) is 0.0714. The summed E-state index contributed by atoms with van der Waals surface area (Å²) in [6.07, 6.45) is 0. The van der Waals surface area contributed by atoms with Gasteiger partial charge in [0.2, 0.25) is 5.82 Å². The van der Waals surface area contributed by atoms with Crippen molar-refractivity contribution in [3.8, 4) is 10.7 Å². The highest BCUT2D eigenvalue weighted by Gasteiger charge is 2.18. The van der Waals surface area contributed by atoms with Gasteiger partial charge in [-0.05, 0) is 17.5 Å². The normalized spacial score (nSPS) is 10.5. The summed E-state index contributed by atoms with van der Waals surface area (Å²) in [4.78, 5) is 27.1. The second kappa shape index (κ2) is 6.46. The van der Waals surface area contributed by atoms with Crippen LogP contribution < -0.4 is 5.73 Å². The van der Waals surface area contributed by atoms with Gasteiger partial charge in [-0.3, -0.25) is 10.1 Å². The Bertz CT molecular complexity index is 890. The van der Waals surface area contributed by atoms with E-state index in [9.17, 15) is 14.9 Å². The highest BCUT2D eigenvalue weighted by molar-refractivity contribution is 7.13. The van der Waals surface area contributed by atoms with E-state index in [1.807, 2.05) is 17.5 Å². The molecule has 24 heavy (non-hydrogen) atoms. The van der Waals surface area contributed by atoms with E-state index in [0.717, 1.165) is 10.9 Å². The number of nitrogens with two attached hydrogens (primary N) is 1. The van der Waals surface area contributed by atoms with Crippen LogP contribution in [0.4, 0.5) is 11.4 Å². The molecule has 2 heterocycles. The third kappa shape index (κ3) is 3.22. The maximum atomic E-state index is 12.0. The van der Waals surface area contributed by atoms with Crippen LogP contribution in [0.3, 0.4) is 0 Å². The number of hydrogen-bond acceptors (Lipinski definition) is 9. The minimum Gasteiger partial charge on any atom is -0.452 e. The number of nitrogens with zero attached hydrogens (tertiary/aromatic N) is 3. The maximum absolute atomic E-state index is 12.0. The number of aromatic nitrogens is 2. The molecule has 10 heteroatoms. The van der Waals surface area contributed by atoms with Gasteiger partial charge < -0.3 is 15.0 Å². The molecule has 2 aromatic heterocycles. The van der Waals surface area contributed by atoms with E-state index in [2.05, 4.69) is 10.1 Å². The largest absolute Gasteiger partial charge is 0.452 e. The standard InChI is InChI=1S/C14H10N4O5S/c15-10-4-3-8(18(20)21)6-9(10)14(19)22-7-12-16-13(17-23-12)11-2-1-5-24-11/h1-6H,7,15H2. The lowest BCUT2D eigenvalue weighted by Crippen LogP contribution is -2.09. The first-order valence-corrected chi connectivity index (χ1v) is 7.50. The quantitative estimate of drug-likeness (QED) is 0.322. The fourth-order valence-corrected chi connectivity index (χ4v) is 2.51. The van der Waals surface area contributed by atoms with Gasteiger partial charge in [0.05, 0.1) is 15.4 Å². The molecule has 0 aliphatic carbocycles. The topological polar surface area (TPSA) is 134 Å². The molecule has 0 spiro atoms. The number of thiophene rings is 1. The zero-order chi connectivity index (χ0) is 17.1. The third-order valence-electron chi connectivity index (χ3n) is 3.00. The first-order chi connectivity index (χ1) is 11.5. The van der Waals surface area contributed by atoms with Crippen LogP contribution in [0.2, 0.25) is 0 Å². The van der Waals surface area contributed by atoms with E-state index in [1.54, 1.807) is 0 Å². The lowest BCUT2D eigenvalue weighted by Gasteiger charge is -2.04. The number of rotatable bonds is 5. The Morgan fingerprint density at radius 1 is 1.42 bits per heavy atom. The number of ether oxygens (including phenoxy) is 1. The van der Waals surface area contributed by atoms with E-state index >= 15 is 0 Å². The number of anilines is 1. The van der Waals surface area contributed by atoms with Gasteiger partial charge >= 0.3 is 5.97 Å². The number of benzene rings is 1. The van der Waals surface area contributed by atoms with Crippen molar-refractivity contribution >= 4 is 28.7 Å². The molecule has 0 saturated heterocycles. The van der Waals surface area contributed by atoms with Crippen molar-refractivity contribution in [3.05, 3.63) is 57.3 Å². The third-order valence-corrected chi connectivity index (χ3v) is 3.87. The summed E-state index contributed by atoms with van der Waals surface area (Å²) in [5, 5.41) is 16.4. The van der Waals surface area contributed by atoms with Gasteiger partial charge in [-0.15, -0.1) is 11.3 Å². The van der Waals surface area contributed by atoms with Crippen molar-refractivity contribution < 1.29 is 19.0 Å². The SMILES string of the molecule is Nc1ccc([N+](=O)[O-])cc1C(=O)OCc1nc(-c2cccs2)no1. The monoisotopic (exact) mass is 346 g/mol. The first-order valence-electron chi connectivity index (χ1n) is 6.62. The number of esters is 1. The average molecular weight is 346 g/mol. The molecule has 0 amide bonds. The van der Waals surface area contributed by atoms with Crippen molar-refractivity contribution in [3.63, 3.8) is 0 Å². The van der Waals surface area contributed by atoms with Crippen LogP contribution in [0.5, 0.6) is 0 Å². The first kappa shape index (κ1) is 15.6. The van der Waals surface area contributed by atoms with Gasteiger partial charge in [0.25, 0.3) is 11.6 Å². The van der Waals surface area contributed by atoms with Gasteiger partial charge in [0.1, 0.15) is 0 Å². The Kier molecular flexibility index (Phi) is 4.20. The number of nitro benzene ring substituents is 1. The molecule has 2 N–H and O–H groups in total. The number of hydrogen-bond donors (Lipinski definition) is 1. The fourth-order valence-electron chi connectivity index (χ4n) is 1.86. The number of non-ortho nitro benzene ring substituents is 1. The van der Waals surface area contributed by atoms with E-state index in [1.165, 1.54) is 23.5 Å². The molecule has 0 saturated carbocycles. The van der Waals surface area contributed by atoms with Crippen LogP contribution in [0.15, 0.2) is 40.2 Å². The van der Waals surface area contributed by atoms with Crippen molar-refractivity contribution in [2.75, 3.05) is 5.73 Å².